The first-order valence-electron chi connectivity index (χ1n) is 7.11. The van der Waals surface area contributed by atoms with Crippen LogP contribution in [-0.2, 0) is 4.74 Å². The summed E-state index contributed by atoms with van der Waals surface area (Å²) in [5.74, 6) is 0.532. The molecule has 18 heavy (non-hydrogen) atoms. The third kappa shape index (κ3) is 3.22. The Morgan fingerprint density at radius 1 is 1.33 bits per heavy atom. The predicted molar refractivity (Wildman–Crippen MR) is 72.9 cm³/mol. The number of ether oxygens (including phenoxy) is 1. The third-order valence-electron chi connectivity index (χ3n) is 4.03. The molecule has 0 aromatic heterocycles. The number of rotatable bonds is 4. The van der Waals surface area contributed by atoms with Crippen LogP contribution >= 0.6 is 0 Å². The lowest BCUT2D eigenvalue weighted by Crippen LogP contribution is -2.56. The lowest BCUT2D eigenvalue weighted by molar-refractivity contribution is -0.0217. The van der Waals surface area contributed by atoms with Gasteiger partial charge in [-0.2, -0.15) is 0 Å². The summed E-state index contributed by atoms with van der Waals surface area (Å²) in [5.41, 5.74) is 3.48. The van der Waals surface area contributed by atoms with Gasteiger partial charge in [-0.15, -0.1) is 0 Å². The van der Waals surface area contributed by atoms with Crippen LogP contribution in [0.5, 0.6) is 0 Å². The van der Waals surface area contributed by atoms with Crippen molar-refractivity contribution >= 4 is 0 Å². The van der Waals surface area contributed by atoms with Gasteiger partial charge in [-0.25, -0.2) is 10.4 Å². The summed E-state index contributed by atoms with van der Waals surface area (Å²) in [5, 5.41) is 9.28. The van der Waals surface area contributed by atoms with Gasteiger partial charge in [0, 0.05) is 32.2 Å². The first kappa shape index (κ1) is 14.2. The van der Waals surface area contributed by atoms with E-state index in [1.807, 2.05) is 7.11 Å². The van der Waals surface area contributed by atoms with Gasteiger partial charge in [-0.1, -0.05) is 20.3 Å². The maximum atomic E-state index is 5.80. The quantitative estimate of drug-likeness (QED) is 0.683. The average molecular weight is 256 g/mol. The second-order valence-corrected chi connectivity index (χ2v) is 5.89. The van der Waals surface area contributed by atoms with Crippen LogP contribution < -0.4 is 16.1 Å². The number of hydrogen-bond acceptors (Lipinski definition) is 5. The van der Waals surface area contributed by atoms with Crippen molar-refractivity contribution in [2.24, 2.45) is 5.92 Å². The largest absolute Gasteiger partial charge is 0.379 e. The van der Waals surface area contributed by atoms with Crippen LogP contribution in [0.25, 0.3) is 0 Å². The molecule has 5 nitrogen and oxygen atoms in total. The Hall–Kier alpha value is -0.200. The zero-order chi connectivity index (χ0) is 13.1. The van der Waals surface area contributed by atoms with E-state index in [0.717, 1.165) is 6.67 Å². The lowest BCUT2D eigenvalue weighted by atomic mass is 9.80. The molecule has 1 saturated heterocycles. The number of nitrogens with one attached hydrogen (secondary N) is 3. The molecule has 0 radical (unpaired) electrons. The van der Waals surface area contributed by atoms with Gasteiger partial charge in [-0.05, 0) is 12.8 Å². The van der Waals surface area contributed by atoms with Crippen molar-refractivity contribution in [3.63, 3.8) is 0 Å². The number of hydrazine groups is 1. The fourth-order valence-corrected chi connectivity index (χ4v) is 3.31. The zero-order valence-electron chi connectivity index (χ0n) is 12.1. The standard InChI is InChI=1S/C13H28N4O/c1-9(2)15-11-7-5-6-10(12(11)18-4)13-14-8-17(3)16-13/h9-16H,5-8H2,1-4H3. The summed E-state index contributed by atoms with van der Waals surface area (Å²) < 4.78 is 5.80. The maximum absolute atomic E-state index is 5.80. The van der Waals surface area contributed by atoms with E-state index in [0.29, 0.717) is 24.2 Å². The van der Waals surface area contributed by atoms with Gasteiger partial charge in [0.05, 0.1) is 18.9 Å². The van der Waals surface area contributed by atoms with Crippen molar-refractivity contribution in [3.05, 3.63) is 0 Å². The van der Waals surface area contributed by atoms with Gasteiger partial charge in [-0.3, -0.25) is 5.32 Å². The third-order valence-corrected chi connectivity index (χ3v) is 4.03. The highest BCUT2D eigenvalue weighted by Crippen LogP contribution is 2.30. The molecule has 106 valence electrons. The molecular weight excluding hydrogens is 228 g/mol. The normalized spacial score (nSPS) is 38.5. The highest BCUT2D eigenvalue weighted by atomic mass is 16.5. The molecule has 1 aliphatic heterocycles. The van der Waals surface area contributed by atoms with Crippen molar-refractivity contribution < 1.29 is 4.74 Å². The predicted octanol–water partition coefficient (Wildman–Crippen LogP) is 0.491. The Bertz CT molecular complexity index is 261. The van der Waals surface area contributed by atoms with Crippen molar-refractivity contribution in [1.29, 1.82) is 0 Å². The molecular formula is C13H28N4O. The van der Waals surface area contributed by atoms with Crippen molar-refractivity contribution in [3.8, 4) is 0 Å². The molecule has 3 N–H and O–H groups in total. The summed E-state index contributed by atoms with van der Waals surface area (Å²) >= 11 is 0. The zero-order valence-corrected chi connectivity index (χ0v) is 12.1. The van der Waals surface area contributed by atoms with Crippen LogP contribution in [0.4, 0.5) is 0 Å². The van der Waals surface area contributed by atoms with Crippen molar-refractivity contribution in [2.75, 3.05) is 20.8 Å². The first-order valence-corrected chi connectivity index (χ1v) is 7.11. The van der Waals surface area contributed by atoms with E-state index >= 15 is 0 Å². The fourth-order valence-electron chi connectivity index (χ4n) is 3.31. The molecule has 0 aromatic rings. The number of nitrogens with zero attached hydrogens (tertiary/aromatic N) is 1. The van der Waals surface area contributed by atoms with Crippen LogP contribution in [0.1, 0.15) is 33.1 Å². The van der Waals surface area contributed by atoms with Crippen molar-refractivity contribution in [1.82, 2.24) is 21.1 Å². The molecule has 1 heterocycles. The van der Waals surface area contributed by atoms with Crippen LogP contribution in [0.3, 0.4) is 0 Å². The number of hydrogen-bond donors (Lipinski definition) is 3. The SMILES string of the molecule is COC1C(NC(C)C)CCCC1C1NCN(C)N1. The topological polar surface area (TPSA) is 48.6 Å². The summed E-state index contributed by atoms with van der Waals surface area (Å²) in [6.45, 7) is 5.31. The molecule has 4 unspecified atom stereocenters. The Morgan fingerprint density at radius 3 is 2.67 bits per heavy atom. The van der Waals surface area contributed by atoms with E-state index in [2.05, 4.69) is 42.0 Å². The van der Waals surface area contributed by atoms with Gasteiger partial charge in [0.25, 0.3) is 0 Å². The molecule has 0 bridgehead atoms. The summed E-state index contributed by atoms with van der Waals surface area (Å²) in [6.07, 6.45) is 4.36. The molecule has 2 fully saturated rings. The average Bonchev–Trinajstić information content (AvgIpc) is 2.74. The molecule has 0 amide bonds. The molecule has 4 atom stereocenters. The highest BCUT2D eigenvalue weighted by Gasteiger charge is 2.39. The maximum Gasteiger partial charge on any atom is 0.0780 e. The van der Waals surface area contributed by atoms with Crippen LogP contribution in [0, 0.1) is 5.92 Å². The van der Waals surface area contributed by atoms with E-state index in [1.54, 1.807) is 0 Å². The van der Waals surface area contributed by atoms with Gasteiger partial charge in [0.15, 0.2) is 0 Å². The number of methoxy groups -OCH3 is 1. The Kier molecular flexibility index (Phi) is 4.98. The van der Waals surface area contributed by atoms with E-state index < -0.39 is 0 Å². The minimum atomic E-state index is 0.289. The van der Waals surface area contributed by atoms with E-state index in [-0.39, 0.29) is 6.10 Å². The Balaban J connectivity index is 2.00. The highest BCUT2D eigenvalue weighted by molar-refractivity contribution is 4.93. The first-order chi connectivity index (χ1) is 8.61. The van der Waals surface area contributed by atoms with E-state index in [1.165, 1.54) is 19.3 Å². The van der Waals surface area contributed by atoms with Crippen LogP contribution in [-0.4, -0.2) is 50.2 Å². The Labute approximate surface area is 111 Å². The van der Waals surface area contributed by atoms with Crippen LogP contribution in [0.2, 0.25) is 0 Å². The summed E-state index contributed by atoms with van der Waals surface area (Å²) in [7, 11) is 3.91. The molecule has 0 spiro atoms. The fraction of sp³-hybridized carbons (Fsp3) is 1.00. The monoisotopic (exact) mass is 256 g/mol. The van der Waals surface area contributed by atoms with Crippen LogP contribution in [0.15, 0.2) is 0 Å². The van der Waals surface area contributed by atoms with E-state index in [4.69, 9.17) is 4.74 Å². The minimum Gasteiger partial charge on any atom is -0.379 e. The van der Waals surface area contributed by atoms with Crippen molar-refractivity contribution in [2.45, 2.75) is 57.5 Å². The Morgan fingerprint density at radius 2 is 2.11 bits per heavy atom. The molecule has 2 rings (SSSR count). The second kappa shape index (κ2) is 6.30. The van der Waals surface area contributed by atoms with Gasteiger partial charge in [0.2, 0.25) is 0 Å². The molecule has 5 heteroatoms. The minimum absolute atomic E-state index is 0.289. The summed E-state index contributed by atoms with van der Waals surface area (Å²) in [4.78, 5) is 0. The second-order valence-electron chi connectivity index (χ2n) is 5.89. The van der Waals surface area contributed by atoms with E-state index in [9.17, 15) is 0 Å². The van der Waals surface area contributed by atoms with Gasteiger partial charge >= 0.3 is 0 Å². The lowest BCUT2D eigenvalue weighted by Gasteiger charge is -2.41. The molecule has 1 aliphatic carbocycles. The van der Waals surface area contributed by atoms with Gasteiger partial charge in [0.1, 0.15) is 0 Å². The summed E-state index contributed by atoms with van der Waals surface area (Å²) in [6, 6.07) is 0.988. The van der Waals surface area contributed by atoms with Gasteiger partial charge < -0.3 is 10.1 Å². The molecule has 1 saturated carbocycles. The molecule has 2 aliphatic rings. The molecule has 0 aromatic carbocycles. The smallest absolute Gasteiger partial charge is 0.0780 e.